The Morgan fingerprint density at radius 2 is 2.05 bits per heavy atom. The molecule has 0 saturated carbocycles. The lowest BCUT2D eigenvalue weighted by atomic mass is 10.1. The van der Waals surface area contributed by atoms with Crippen LogP contribution in [-0.2, 0) is 0 Å². The minimum atomic E-state index is -0.126. The molecule has 0 aliphatic rings. The van der Waals surface area contributed by atoms with E-state index in [1.807, 2.05) is 36.6 Å². The van der Waals surface area contributed by atoms with E-state index in [4.69, 9.17) is 0 Å². The summed E-state index contributed by atoms with van der Waals surface area (Å²) in [6.45, 7) is 3.80. The summed E-state index contributed by atoms with van der Waals surface area (Å²) in [6, 6.07) is 9.69. The fraction of sp³-hybridized carbons (Fsp3) is 0.133. The van der Waals surface area contributed by atoms with Crippen LogP contribution in [0.15, 0.2) is 45.6 Å². The van der Waals surface area contributed by atoms with Crippen LogP contribution in [0.5, 0.6) is 0 Å². The van der Waals surface area contributed by atoms with Crippen LogP contribution in [0.25, 0.3) is 10.2 Å². The molecule has 0 unspecified atom stereocenters. The van der Waals surface area contributed by atoms with Gasteiger partial charge in [0, 0.05) is 0 Å². The van der Waals surface area contributed by atoms with Gasteiger partial charge in [-0.05, 0) is 36.4 Å². The van der Waals surface area contributed by atoms with Gasteiger partial charge in [-0.25, -0.2) is 4.98 Å². The average Bonchev–Trinajstić information content (AvgIpc) is 2.88. The van der Waals surface area contributed by atoms with E-state index in [1.165, 1.54) is 16.0 Å². The smallest absolute Gasteiger partial charge is 0.267 e. The molecule has 0 saturated heterocycles. The van der Waals surface area contributed by atoms with E-state index in [0.717, 1.165) is 16.0 Å². The zero-order valence-corrected chi connectivity index (χ0v) is 12.0. The highest BCUT2D eigenvalue weighted by molar-refractivity contribution is 7.16. The van der Waals surface area contributed by atoms with Gasteiger partial charge in [0.1, 0.15) is 10.7 Å². The maximum Gasteiger partial charge on any atom is 0.282 e. The normalized spacial score (nSPS) is 11.5. The van der Waals surface area contributed by atoms with Crippen LogP contribution in [0, 0.1) is 13.8 Å². The van der Waals surface area contributed by atoms with Crippen molar-refractivity contribution in [1.29, 1.82) is 0 Å². The predicted octanol–water partition coefficient (Wildman–Crippen LogP) is 2.96. The van der Waals surface area contributed by atoms with Crippen molar-refractivity contribution >= 4 is 27.8 Å². The van der Waals surface area contributed by atoms with Crippen molar-refractivity contribution in [3.8, 4) is 0 Å². The number of nitrogens with zero attached hydrogens (tertiary/aromatic N) is 3. The maximum absolute atomic E-state index is 12.3. The van der Waals surface area contributed by atoms with Crippen LogP contribution in [0.3, 0.4) is 0 Å². The van der Waals surface area contributed by atoms with E-state index in [9.17, 15) is 4.79 Å². The number of fused-ring (bicyclic) bond motifs is 1. The van der Waals surface area contributed by atoms with Gasteiger partial charge in [-0.3, -0.25) is 4.79 Å². The van der Waals surface area contributed by atoms with Gasteiger partial charge in [0.05, 0.1) is 11.6 Å². The summed E-state index contributed by atoms with van der Waals surface area (Å²) in [5, 5.41) is 6.77. The molecule has 3 aromatic rings. The molecule has 0 amide bonds. The van der Waals surface area contributed by atoms with Crippen LogP contribution >= 0.6 is 11.3 Å². The molecule has 0 N–H and O–H groups in total. The average molecular weight is 283 g/mol. The van der Waals surface area contributed by atoms with E-state index in [-0.39, 0.29) is 5.56 Å². The summed E-state index contributed by atoms with van der Waals surface area (Å²) in [4.78, 5) is 17.5. The monoisotopic (exact) mass is 283 g/mol. The standard InChI is InChI=1S/C15H13N3OS/c1-10-5-3-4-6-12(10)9-16-18-11(2)17-14-13(15(18)19)7-8-20-14/h3-9H,1-2H3/b16-9-. The number of aromatic nitrogens is 2. The largest absolute Gasteiger partial charge is 0.282 e. The topological polar surface area (TPSA) is 47.2 Å². The Labute approximate surface area is 120 Å². The fourth-order valence-corrected chi connectivity index (χ4v) is 2.79. The van der Waals surface area contributed by atoms with Crippen LogP contribution < -0.4 is 5.56 Å². The summed E-state index contributed by atoms with van der Waals surface area (Å²) in [5.41, 5.74) is 1.98. The third-order valence-electron chi connectivity index (χ3n) is 3.14. The number of hydrogen-bond donors (Lipinski definition) is 0. The second kappa shape index (κ2) is 5.02. The Bertz CT molecular complexity index is 861. The molecular formula is C15H13N3OS. The Hall–Kier alpha value is -2.27. The number of aryl methyl sites for hydroxylation is 2. The molecule has 0 aliphatic heterocycles. The van der Waals surface area contributed by atoms with E-state index in [2.05, 4.69) is 10.1 Å². The quantitative estimate of drug-likeness (QED) is 0.679. The minimum Gasteiger partial charge on any atom is -0.267 e. The van der Waals surface area contributed by atoms with Gasteiger partial charge >= 0.3 is 0 Å². The molecule has 20 heavy (non-hydrogen) atoms. The van der Waals surface area contributed by atoms with Crippen molar-refractivity contribution in [3.63, 3.8) is 0 Å². The third kappa shape index (κ3) is 2.16. The highest BCUT2D eigenvalue weighted by atomic mass is 32.1. The molecule has 0 bridgehead atoms. The van der Waals surface area contributed by atoms with Crippen molar-refractivity contribution in [1.82, 2.24) is 9.66 Å². The van der Waals surface area contributed by atoms with Crippen LogP contribution in [-0.4, -0.2) is 15.9 Å². The number of rotatable bonds is 2. The molecule has 0 aliphatic carbocycles. The number of hydrogen-bond acceptors (Lipinski definition) is 4. The first-order valence-corrected chi connectivity index (χ1v) is 7.11. The molecule has 0 fully saturated rings. The molecule has 100 valence electrons. The lowest BCUT2D eigenvalue weighted by molar-refractivity contribution is 0.772. The molecule has 4 nitrogen and oxygen atoms in total. The molecule has 0 spiro atoms. The van der Waals surface area contributed by atoms with Crippen molar-refractivity contribution in [2.45, 2.75) is 13.8 Å². The highest BCUT2D eigenvalue weighted by Gasteiger charge is 2.07. The highest BCUT2D eigenvalue weighted by Crippen LogP contribution is 2.14. The first-order valence-electron chi connectivity index (χ1n) is 6.23. The van der Waals surface area contributed by atoms with E-state index in [0.29, 0.717) is 11.2 Å². The zero-order chi connectivity index (χ0) is 14.1. The second-order valence-corrected chi connectivity index (χ2v) is 5.41. The van der Waals surface area contributed by atoms with Gasteiger partial charge in [-0.2, -0.15) is 9.78 Å². The first kappa shape index (κ1) is 12.7. The number of thiophene rings is 1. The lowest BCUT2D eigenvalue weighted by Gasteiger charge is -2.03. The summed E-state index contributed by atoms with van der Waals surface area (Å²) < 4.78 is 1.35. The molecule has 3 rings (SSSR count). The molecular weight excluding hydrogens is 270 g/mol. The first-order chi connectivity index (χ1) is 9.66. The predicted molar refractivity (Wildman–Crippen MR) is 82.8 cm³/mol. The Morgan fingerprint density at radius 3 is 2.85 bits per heavy atom. The van der Waals surface area contributed by atoms with E-state index >= 15 is 0 Å². The van der Waals surface area contributed by atoms with Gasteiger partial charge in [-0.15, -0.1) is 11.3 Å². The number of benzene rings is 1. The Kier molecular flexibility index (Phi) is 3.20. The zero-order valence-electron chi connectivity index (χ0n) is 11.2. The van der Waals surface area contributed by atoms with Crippen LogP contribution in [0.2, 0.25) is 0 Å². The van der Waals surface area contributed by atoms with Crippen molar-refractivity contribution in [2.24, 2.45) is 5.10 Å². The SMILES string of the molecule is Cc1ccccc1/C=N\n1c(C)nc2sccc2c1=O. The van der Waals surface area contributed by atoms with Gasteiger partial charge in [0.25, 0.3) is 5.56 Å². The van der Waals surface area contributed by atoms with Crippen molar-refractivity contribution < 1.29 is 0 Å². The summed E-state index contributed by atoms with van der Waals surface area (Å²) in [5.74, 6) is 0.592. The van der Waals surface area contributed by atoms with Gasteiger partial charge in [0.15, 0.2) is 0 Å². The Balaban J connectivity index is 2.11. The summed E-state index contributed by atoms with van der Waals surface area (Å²) in [6.07, 6.45) is 1.70. The van der Waals surface area contributed by atoms with E-state index < -0.39 is 0 Å². The van der Waals surface area contributed by atoms with Crippen LogP contribution in [0.4, 0.5) is 0 Å². The molecule has 0 radical (unpaired) electrons. The summed E-state index contributed by atoms with van der Waals surface area (Å²) in [7, 11) is 0. The van der Waals surface area contributed by atoms with Gasteiger partial charge < -0.3 is 0 Å². The molecule has 2 aromatic heterocycles. The fourth-order valence-electron chi connectivity index (χ4n) is 1.99. The molecule has 5 heteroatoms. The second-order valence-electron chi connectivity index (χ2n) is 4.52. The molecule has 0 atom stereocenters. The maximum atomic E-state index is 12.3. The minimum absolute atomic E-state index is 0.126. The van der Waals surface area contributed by atoms with Crippen molar-refractivity contribution in [2.75, 3.05) is 0 Å². The van der Waals surface area contributed by atoms with Crippen molar-refractivity contribution in [3.05, 3.63) is 63.0 Å². The molecule has 2 heterocycles. The van der Waals surface area contributed by atoms with Crippen LogP contribution in [0.1, 0.15) is 17.0 Å². The summed E-state index contributed by atoms with van der Waals surface area (Å²) >= 11 is 1.46. The Morgan fingerprint density at radius 1 is 1.25 bits per heavy atom. The molecule has 1 aromatic carbocycles. The van der Waals surface area contributed by atoms with E-state index in [1.54, 1.807) is 19.2 Å². The third-order valence-corrected chi connectivity index (χ3v) is 3.94. The van der Waals surface area contributed by atoms with Gasteiger partial charge in [0.2, 0.25) is 0 Å². The lowest BCUT2D eigenvalue weighted by Crippen LogP contribution is -2.19. The van der Waals surface area contributed by atoms with Gasteiger partial charge in [-0.1, -0.05) is 24.3 Å².